The largest absolute Gasteiger partial charge is 0.357 e. The highest BCUT2D eigenvalue weighted by Gasteiger charge is 2.27. The van der Waals surface area contributed by atoms with Crippen LogP contribution in [0.2, 0.25) is 0 Å². The molecule has 1 N–H and O–H groups in total. The van der Waals surface area contributed by atoms with E-state index < -0.39 is 0 Å². The minimum Gasteiger partial charge on any atom is -0.357 e. The molecule has 3 nitrogen and oxygen atoms in total. The number of carbonyl (C=O) groups is 1. The Morgan fingerprint density at radius 1 is 1.50 bits per heavy atom. The van der Waals surface area contributed by atoms with Crippen molar-refractivity contribution in [3.8, 4) is 0 Å². The molecule has 1 aromatic rings. The van der Waals surface area contributed by atoms with Gasteiger partial charge < -0.3 is 4.74 Å². The highest BCUT2D eigenvalue weighted by Crippen LogP contribution is 2.23. The van der Waals surface area contributed by atoms with Gasteiger partial charge in [-0.1, -0.05) is 32.0 Å². The lowest BCUT2D eigenvalue weighted by Gasteiger charge is -2.15. The van der Waals surface area contributed by atoms with Crippen LogP contribution in [0, 0.1) is 5.92 Å². The van der Waals surface area contributed by atoms with Gasteiger partial charge in [-0.05, 0) is 17.5 Å². The van der Waals surface area contributed by atoms with Crippen molar-refractivity contribution < 1.29 is 9.53 Å². The molecule has 1 fully saturated rings. The predicted octanol–water partition coefficient (Wildman–Crippen LogP) is 2.14. The molecule has 0 spiro atoms. The quantitative estimate of drug-likeness (QED) is 0.791. The second kappa shape index (κ2) is 4.76. The predicted molar refractivity (Wildman–Crippen MR) is 62.3 cm³/mol. The molecule has 0 radical (unpaired) electrons. The van der Waals surface area contributed by atoms with E-state index in [0.29, 0.717) is 17.5 Å². The number of benzene rings is 1. The van der Waals surface area contributed by atoms with Crippen molar-refractivity contribution in [3.63, 3.8) is 0 Å². The second-order valence-electron chi connectivity index (χ2n) is 4.52. The summed E-state index contributed by atoms with van der Waals surface area (Å²) in [5.41, 5.74) is 1.71. The second-order valence-corrected chi connectivity index (χ2v) is 4.52. The van der Waals surface area contributed by atoms with E-state index in [1.165, 1.54) is 0 Å². The Kier molecular flexibility index (Phi) is 3.36. The molecule has 86 valence electrons. The summed E-state index contributed by atoms with van der Waals surface area (Å²) in [5, 5.41) is 3.42. The molecule has 0 amide bonds. The molecule has 16 heavy (non-hydrogen) atoms. The summed E-state index contributed by atoms with van der Waals surface area (Å²) in [6.45, 7) is 5.07. The molecule has 1 aromatic carbocycles. The normalized spacial score (nSPS) is 24.9. The molecule has 0 bridgehead atoms. The van der Waals surface area contributed by atoms with Gasteiger partial charge in [0, 0.05) is 11.6 Å². The number of hydrogen-bond acceptors (Lipinski definition) is 3. The zero-order valence-electron chi connectivity index (χ0n) is 9.64. The molecule has 0 aromatic heterocycles. The Morgan fingerprint density at radius 2 is 2.31 bits per heavy atom. The first-order chi connectivity index (χ1) is 7.70. The summed E-state index contributed by atoms with van der Waals surface area (Å²) >= 11 is 0. The number of aldehydes is 1. The van der Waals surface area contributed by atoms with Crippen LogP contribution in [-0.2, 0) is 4.74 Å². The van der Waals surface area contributed by atoms with E-state index in [1.54, 1.807) is 6.07 Å². The van der Waals surface area contributed by atoms with E-state index in [9.17, 15) is 4.79 Å². The SMILES string of the molecule is CC(C)C1COC(c2cccc(C=O)c2)N1. The average Bonchev–Trinajstić information content (AvgIpc) is 2.78. The highest BCUT2D eigenvalue weighted by atomic mass is 16.5. The highest BCUT2D eigenvalue weighted by molar-refractivity contribution is 5.74. The van der Waals surface area contributed by atoms with Crippen LogP contribution >= 0.6 is 0 Å². The first kappa shape index (κ1) is 11.3. The Morgan fingerprint density at radius 3 is 2.94 bits per heavy atom. The van der Waals surface area contributed by atoms with Crippen LogP contribution in [0.25, 0.3) is 0 Å². The fourth-order valence-corrected chi connectivity index (χ4v) is 1.86. The fourth-order valence-electron chi connectivity index (χ4n) is 1.86. The van der Waals surface area contributed by atoms with Crippen molar-refractivity contribution in [2.75, 3.05) is 6.61 Å². The van der Waals surface area contributed by atoms with E-state index in [1.807, 2.05) is 18.2 Å². The molecule has 2 rings (SSSR count). The van der Waals surface area contributed by atoms with Crippen molar-refractivity contribution >= 4 is 6.29 Å². The van der Waals surface area contributed by atoms with E-state index >= 15 is 0 Å². The minimum atomic E-state index is -0.0766. The van der Waals surface area contributed by atoms with Gasteiger partial charge in [-0.25, -0.2) is 0 Å². The number of nitrogens with one attached hydrogen (secondary N) is 1. The van der Waals surface area contributed by atoms with Crippen LogP contribution in [0.3, 0.4) is 0 Å². The maximum atomic E-state index is 10.7. The first-order valence-corrected chi connectivity index (χ1v) is 5.63. The van der Waals surface area contributed by atoms with Crippen molar-refractivity contribution in [2.45, 2.75) is 26.1 Å². The van der Waals surface area contributed by atoms with E-state index in [2.05, 4.69) is 19.2 Å². The van der Waals surface area contributed by atoms with Crippen molar-refractivity contribution in [1.29, 1.82) is 0 Å². The maximum absolute atomic E-state index is 10.7. The van der Waals surface area contributed by atoms with E-state index in [4.69, 9.17) is 4.74 Å². The zero-order chi connectivity index (χ0) is 11.5. The van der Waals surface area contributed by atoms with Gasteiger partial charge in [-0.15, -0.1) is 0 Å². The molecule has 2 unspecified atom stereocenters. The smallest absolute Gasteiger partial charge is 0.150 e. The van der Waals surface area contributed by atoms with Crippen LogP contribution in [0.15, 0.2) is 24.3 Å². The molecule has 2 atom stereocenters. The summed E-state index contributed by atoms with van der Waals surface area (Å²) in [5.74, 6) is 0.555. The Labute approximate surface area is 95.8 Å². The Bertz CT molecular complexity index is 376. The number of rotatable bonds is 3. The van der Waals surface area contributed by atoms with E-state index in [-0.39, 0.29) is 6.23 Å². The minimum absolute atomic E-state index is 0.0766. The summed E-state index contributed by atoms with van der Waals surface area (Å²) in [6, 6.07) is 7.92. The topological polar surface area (TPSA) is 38.3 Å². The van der Waals surface area contributed by atoms with Gasteiger partial charge in [0.25, 0.3) is 0 Å². The molecule has 1 aliphatic heterocycles. The summed E-state index contributed by atoms with van der Waals surface area (Å²) < 4.78 is 5.69. The van der Waals surface area contributed by atoms with Gasteiger partial charge in [0.2, 0.25) is 0 Å². The Balaban J connectivity index is 2.11. The third-order valence-electron chi connectivity index (χ3n) is 2.96. The van der Waals surface area contributed by atoms with Crippen LogP contribution in [0.4, 0.5) is 0 Å². The molecule has 1 saturated heterocycles. The van der Waals surface area contributed by atoms with Crippen molar-refractivity contribution in [1.82, 2.24) is 5.32 Å². The third kappa shape index (κ3) is 2.31. The lowest BCUT2D eigenvalue weighted by atomic mass is 10.1. The standard InChI is InChI=1S/C13H17NO2/c1-9(2)12-8-16-13(14-12)11-5-3-4-10(6-11)7-15/h3-7,9,12-14H,8H2,1-2H3. The molecule has 0 saturated carbocycles. The summed E-state index contributed by atoms with van der Waals surface area (Å²) in [7, 11) is 0. The van der Waals surface area contributed by atoms with Gasteiger partial charge in [-0.2, -0.15) is 0 Å². The van der Waals surface area contributed by atoms with Gasteiger partial charge in [0.1, 0.15) is 12.5 Å². The Hall–Kier alpha value is -1.19. The maximum Gasteiger partial charge on any atom is 0.150 e. The van der Waals surface area contributed by atoms with Gasteiger partial charge in [-0.3, -0.25) is 10.1 Å². The lowest BCUT2D eigenvalue weighted by molar-refractivity contribution is 0.0998. The monoisotopic (exact) mass is 219 g/mol. The van der Waals surface area contributed by atoms with Crippen LogP contribution in [-0.4, -0.2) is 18.9 Å². The number of carbonyl (C=O) groups excluding carboxylic acids is 1. The van der Waals surface area contributed by atoms with Crippen molar-refractivity contribution in [2.24, 2.45) is 5.92 Å². The van der Waals surface area contributed by atoms with Gasteiger partial charge in [0.15, 0.2) is 0 Å². The molecular weight excluding hydrogens is 202 g/mol. The first-order valence-electron chi connectivity index (χ1n) is 5.63. The number of hydrogen-bond donors (Lipinski definition) is 1. The lowest BCUT2D eigenvalue weighted by Crippen LogP contribution is -2.30. The van der Waals surface area contributed by atoms with Crippen LogP contribution in [0.5, 0.6) is 0 Å². The van der Waals surface area contributed by atoms with Crippen LogP contribution < -0.4 is 5.32 Å². The molecule has 0 aliphatic carbocycles. The zero-order valence-corrected chi connectivity index (χ0v) is 9.64. The van der Waals surface area contributed by atoms with Crippen LogP contribution in [0.1, 0.15) is 36.0 Å². The van der Waals surface area contributed by atoms with Crippen molar-refractivity contribution in [3.05, 3.63) is 35.4 Å². The van der Waals surface area contributed by atoms with Gasteiger partial charge >= 0.3 is 0 Å². The fraction of sp³-hybridized carbons (Fsp3) is 0.462. The molecule has 3 heteroatoms. The molecule has 1 heterocycles. The third-order valence-corrected chi connectivity index (χ3v) is 2.96. The summed E-state index contributed by atoms with van der Waals surface area (Å²) in [6.07, 6.45) is 0.783. The summed E-state index contributed by atoms with van der Waals surface area (Å²) in [4.78, 5) is 10.7. The average molecular weight is 219 g/mol. The molecule has 1 aliphatic rings. The number of ether oxygens (including phenoxy) is 1. The van der Waals surface area contributed by atoms with E-state index in [0.717, 1.165) is 18.5 Å². The van der Waals surface area contributed by atoms with Gasteiger partial charge in [0.05, 0.1) is 6.61 Å². The molecular formula is C13H17NO2.